The van der Waals surface area contributed by atoms with Crippen LogP contribution in [-0.2, 0) is 0 Å². The molecule has 0 saturated carbocycles. The number of benzene rings is 2. The van der Waals surface area contributed by atoms with Crippen LogP contribution in [-0.4, -0.2) is 34.0 Å². The zero-order valence-corrected chi connectivity index (χ0v) is 19.7. The molecule has 2 N–H and O–H groups in total. The van der Waals surface area contributed by atoms with E-state index in [-0.39, 0.29) is 23.0 Å². The summed E-state index contributed by atoms with van der Waals surface area (Å²) in [5.74, 6) is 1.90. The Kier molecular flexibility index (Phi) is 6.51. The van der Waals surface area contributed by atoms with Crippen molar-refractivity contribution in [1.82, 2.24) is 10.2 Å². The van der Waals surface area contributed by atoms with Crippen LogP contribution in [0.5, 0.6) is 5.75 Å². The van der Waals surface area contributed by atoms with Crippen molar-refractivity contribution in [2.45, 2.75) is 59.2 Å². The van der Waals surface area contributed by atoms with Crippen molar-refractivity contribution >= 4 is 23.2 Å². The van der Waals surface area contributed by atoms with Gasteiger partial charge in [0.05, 0.1) is 6.04 Å². The van der Waals surface area contributed by atoms with E-state index < -0.39 is 0 Å². The van der Waals surface area contributed by atoms with E-state index in [9.17, 15) is 0 Å². The van der Waals surface area contributed by atoms with Crippen molar-refractivity contribution < 1.29 is 9.73 Å². The smallest absolute Gasteiger partial charge is 0.275 e. The molecule has 0 amide bonds. The molecule has 0 spiro atoms. The van der Waals surface area contributed by atoms with Gasteiger partial charge < -0.3 is 9.64 Å². The molecule has 4 nitrogen and oxygen atoms in total. The van der Waals surface area contributed by atoms with Crippen LogP contribution in [0.1, 0.15) is 53.1 Å². The Labute approximate surface area is 186 Å². The van der Waals surface area contributed by atoms with Crippen LogP contribution in [0.25, 0.3) is 0 Å². The zero-order valence-electron chi connectivity index (χ0n) is 18.9. The molecule has 3 rings (SSSR count). The summed E-state index contributed by atoms with van der Waals surface area (Å²) in [6.45, 7) is 13.9. The second kappa shape index (κ2) is 8.76. The molecule has 160 valence electrons. The van der Waals surface area contributed by atoms with E-state index in [0.717, 1.165) is 16.7 Å². The van der Waals surface area contributed by atoms with E-state index in [0.29, 0.717) is 6.61 Å². The van der Waals surface area contributed by atoms with Crippen molar-refractivity contribution in [1.29, 1.82) is 0 Å². The summed E-state index contributed by atoms with van der Waals surface area (Å²) < 4.78 is 6.09. The van der Waals surface area contributed by atoms with Crippen LogP contribution < -0.4 is 15.0 Å². The Morgan fingerprint density at radius 3 is 2.17 bits per heavy atom. The summed E-state index contributed by atoms with van der Waals surface area (Å²) in [6.07, 6.45) is 0. The minimum absolute atomic E-state index is 0.000372. The molecule has 0 bridgehead atoms. The first kappa shape index (κ1) is 22.3. The Hall–Kier alpha value is -2.40. The number of ether oxygens (including phenoxy) is 1. The lowest BCUT2D eigenvalue weighted by molar-refractivity contribution is -0.529. The summed E-state index contributed by atoms with van der Waals surface area (Å²) in [7, 11) is 0. The average Bonchev–Trinajstić information content (AvgIpc) is 2.93. The molecular formula is C25H34N3OS+. The fraction of sp³-hybridized carbons (Fsp3) is 0.440. The molecule has 30 heavy (non-hydrogen) atoms. The summed E-state index contributed by atoms with van der Waals surface area (Å²) in [6, 6.07) is 20.7. The lowest BCUT2D eigenvalue weighted by Crippen LogP contribution is -2.88. The van der Waals surface area contributed by atoms with E-state index in [4.69, 9.17) is 17.0 Å². The molecule has 1 saturated heterocycles. The zero-order chi connectivity index (χ0) is 21.9. The van der Waals surface area contributed by atoms with Gasteiger partial charge in [0.25, 0.3) is 10.9 Å². The average molecular weight is 425 g/mol. The van der Waals surface area contributed by atoms with Gasteiger partial charge in [0.2, 0.25) is 0 Å². The number of nitrogens with one attached hydrogen (secondary N) is 2. The molecule has 1 heterocycles. The minimum Gasteiger partial charge on any atom is -0.489 e. The minimum atomic E-state index is -0.289. The number of nitrogens with zero attached hydrogens (tertiary/aromatic N) is 1. The van der Waals surface area contributed by atoms with E-state index >= 15 is 0 Å². The number of hydrogen-bond acceptors (Lipinski definition) is 2. The van der Waals surface area contributed by atoms with Crippen LogP contribution in [0.4, 0.5) is 0 Å². The third kappa shape index (κ3) is 4.84. The van der Waals surface area contributed by atoms with E-state index in [1.54, 1.807) is 0 Å². The van der Waals surface area contributed by atoms with Gasteiger partial charge in [0.15, 0.2) is 0 Å². The van der Waals surface area contributed by atoms with Crippen LogP contribution in [0.3, 0.4) is 0 Å². The largest absolute Gasteiger partial charge is 0.489 e. The summed E-state index contributed by atoms with van der Waals surface area (Å²) >= 11 is 5.75. The second-order valence-electron chi connectivity index (χ2n) is 9.51. The van der Waals surface area contributed by atoms with E-state index in [1.807, 2.05) is 36.4 Å². The lowest BCUT2D eigenvalue weighted by atomic mass is 9.87. The lowest BCUT2D eigenvalue weighted by Gasteiger charge is -2.34. The topological polar surface area (TPSA) is 38.5 Å². The third-order valence-corrected chi connectivity index (χ3v) is 6.16. The third-order valence-electron chi connectivity index (χ3n) is 5.86. The molecule has 1 aliphatic rings. The first-order chi connectivity index (χ1) is 14.1. The first-order valence-corrected chi connectivity index (χ1v) is 11.0. The van der Waals surface area contributed by atoms with E-state index in [2.05, 4.69) is 81.0 Å². The number of para-hydroxylation sites is 1. The first-order valence-electron chi connectivity index (χ1n) is 10.6. The molecule has 0 aromatic heterocycles. The van der Waals surface area contributed by atoms with Crippen molar-refractivity contribution in [3.8, 4) is 5.75 Å². The van der Waals surface area contributed by atoms with Gasteiger partial charge in [-0.25, -0.2) is 5.32 Å². The highest BCUT2D eigenvalue weighted by molar-refractivity contribution is 7.80. The van der Waals surface area contributed by atoms with Gasteiger partial charge in [-0.3, -0.25) is 4.99 Å². The van der Waals surface area contributed by atoms with E-state index in [1.165, 1.54) is 5.56 Å². The number of thiocarbonyl (C=S) groups is 1. The summed E-state index contributed by atoms with van der Waals surface area (Å²) in [5.41, 5.74) is 0.957. The molecule has 2 aromatic rings. The van der Waals surface area contributed by atoms with Gasteiger partial charge >= 0.3 is 0 Å². The molecule has 1 aliphatic heterocycles. The standard InChI is InChI=1S/C25H33N3OS/c1-18(19-13-9-7-10-14-19)28-23(30)27-22(25(28,5)6)26-21(24(2,3)4)17-29-20-15-11-8-12-16-20/h7-16,18,21H,17H2,1-6H3,(H,26,27,30)/p+1/t18-,21+/m0/s1. The van der Waals surface area contributed by atoms with Crippen molar-refractivity contribution in [2.75, 3.05) is 6.61 Å². The van der Waals surface area contributed by atoms with Gasteiger partial charge in [-0.05, 0) is 50.7 Å². The van der Waals surface area contributed by atoms with Crippen LogP contribution in [0, 0.1) is 5.41 Å². The quantitative estimate of drug-likeness (QED) is 0.694. The monoisotopic (exact) mass is 424 g/mol. The van der Waals surface area contributed by atoms with Crippen molar-refractivity contribution in [3.05, 3.63) is 66.2 Å². The Bertz CT molecular complexity index is 888. The molecular weight excluding hydrogens is 390 g/mol. The molecule has 0 aliphatic carbocycles. The molecule has 0 radical (unpaired) electrons. The summed E-state index contributed by atoms with van der Waals surface area (Å²) in [5, 5.41) is 4.20. The maximum atomic E-state index is 6.09. The predicted molar refractivity (Wildman–Crippen MR) is 128 cm³/mol. The highest BCUT2D eigenvalue weighted by Crippen LogP contribution is 2.31. The molecule has 2 atom stereocenters. The molecule has 1 fully saturated rings. The Morgan fingerprint density at radius 2 is 1.60 bits per heavy atom. The number of rotatable bonds is 6. The Morgan fingerprint density at radius 1 is 1.03 bits per heavy atom. The number of amidine groups is 1. The Balaban J connectivity index is 1.85. The molecule has 0 unspecified atom stereocenters. The van der Waals surface area contributed by atoms with Gasteiger partial charge in [-0.15, -0.1) is 0 Å². The fourth-order valence-corrected chi connectivity index (χ4v) is 4.31. The van der Waals surface area contributed by atoms with Crippen LogP contribution in [0.2, 0.25) is 0 Å². The highest BCUT2D eigenvalue weighted by atomic mass is 32.1. The molecule has 5 heteroatoms. The van der Waals surface area contributed by atoms with Crippen molar-refractivity contribution in [2.24, 2.45) is 5.41 Å². The van der Waals surface area contributed by atoms with Gasteiger partial charge in [0.1, 0.15) is 23.9 Å². The SMILES string of the molecule is C[C@@H](c1ccccc1)N1C(=S)NC(=[NH+][C@H](COc2ccccc2)C(C)(C)C)C1(C)C. The van der Waals surface area contributed by atoms with Crippen LogP contribution >= 0.6 is 12.2 Å². The molecule has 2 aromatic carbocycles. The van der Waals surface area contributed by atoms with Gasteiger partial charge in [-0.2, -0.15) is 0 Å². The number of hydrogen-bond donors (Lipinski definition) is 2. The highest BCUT2D eigenvalue weighted by Gasteiger charge is 2.50. The second-order valence-corrected chi connectivity index (χ2v) is 9.89. The maximum absolute atomic E-state index is 6.09. The van der Waals surface area contributed by atoms with Crippen LogP contribution in [0.15, 0.2) is 60.7 Å². The van der Waals surface area contributed by atoms with Crippen molar-refractivity contribution in [3.63, 3.8) is 0 Å². The predicted octanol–water partition coefficient (Wildman–Crippen LogP) is 3.69. The van der Waals surface area contributed by atoms with Gasteiger partial charge in [0, 0.05) is 5.41 Å². The summed E-state index contributed by atoms with van der Waals surface area (Å²) in [4.78, 5) is 6.01. The maximum Gasteiger partial charge on any atom is 0.275 e. The normalized spacial score (nSPS) is 19.5. The van der Waals surface area contributed by atoms with Gasteiger partial charge in [-0.1, -0.05) is 69.3 Å². The fourth-order valence-electron chi connectivity index (χ4n) is 3.83.